The maximum atomic E-state index is 13.3. The highest BCUT2D eigenvalue weighted by Gasteiger charge is 2.37. The average Bonchev–Trinajstić information content (AvgIpc) is 3.16. The van der Waals surface area contributed by atoms with Gasteiger partial charge in [0.1, 0.15) is 5.75 Å². The van der Waals surface area contributed by atoms with E-state index >= 15 is 0 Å². The van der Waals surface area contributed by atoms with E-state index in [1.54, 1.807) is 13.2 Å². The number of piperidine rings is 1. The Kier molecular flexibility index (Phi) is 6.87. The van der Waals surface area contributed by atoms with Crippen LogP contribution in [0.3, 0.4) is 0 Å². The van der Waals surface area contributed by atoms with Crippen LogP contribution in [-0.4, -0.2) is 49.6 Å². The summed E-state index contributed by atoms with van der Waals surface area (Å²) in [7, 11) is 1.65. The second-order valence-corrected chi connectivity index (χ2v) is 8.89. The van der Waals surface area contributed by atoms with Gasteiger partial charge in [-0.05, 0) is 61.2 Å². The lowest BCUT2D eigenvalue weighted by atomic mass is 9.87. The first-order chi connectivity index (χ1) is 14.9. The summed E-state index contributed by atoms with van der Waals surface area (Å²) in [5.74, 6) is 1.28. The van der Waals surface area contributed by atoms with Crippen LogP contribution in [0.1, 0.15) is 41.9 Å². The molecule has 168 valence electrons. The molecule has 0 radical (unpaired) electrons. The minimum Gasteiger partial charge on any atom is -0.497 e. The van der Waals surface area contributed by atoms with Gasteiger partial charge < -0.3 is 9.64 Å². The number of benzene rings is 2. The lowest BCUT2D eigenvalue weighted by molar-refractivity contribution is -0.137. The number of halogens is 3. The topological polar surface area (TPSA) is 15.7 Å². The SMILES string of the molecule is COc1ccc(CN2C[C@H](CN3CCCCC3)[C@H](c3cccc(C(F)(F)F)c3)C2)cc1. The summed E-state index contributed by atoms with van der Waals surface area (Å²) in [5.41, 5.74) is 1.46. The van der Waals surface area contributed by atoms with Crippen molar-refractivity contribution in [2.24, 2.45) is 5.92 Å². The normalized spacial score (nSPS) is 23.2. The van der Waals surface area contributed by atoms with Crippen LogP contribution in [0.4, 0.5) is 13.2 Å². The van der Waals surface area contributed by atoms with E-state index in [4.69, 9.17) is 4.74 Å². The van der Waals surface area contributed by atoms with Crippen molar-refractivity contribution in [3.63, 3.8) is 0 Å². The largest absolute Gasteiger partial charge is 0.497 e. The van der Waals surface area contributed by atoms with Gasteiger partial charge in [0, 0.05) is 32.1 Å². The third-order valence-corrected chi connectivity index (χ3v) is 6.67. The van der Waals surface area contributed by atoms with Gasteiger partial charge in [-0.2, -0.15) is 13.2 Å². The van der Waals surface area contributed by atoms with Crippen molar-refractivity contribution in [2.75, 3.05) is 39.8 Å². The fourth-order valence-corrected chi connectivity index (χ4v) is 5.06. The molecule has 2 aliphatic rings. The van der Waals surface area contributed by atoms with E-state index in [0.29, 0.717) is 5.92 Å². The second-order valence-electron chi connectivity index (χ2n) is 8.89. The summed E-state index contributed by atoms with van der Waals surface area (Å²) in [6.07, 6.45) is -0.589. The quantitative estimate of drug-likeness (QED) is 0.607. The van der Waals surface area contributed by atoms with E-state index < -0.39 is 11.7 Å². The molecule has 0 aromatic heterocycles. The number of likely N-dealkylation sites (tertiary alicyclic amines) is 2. The Morgan fingerprint density at radius 3 is 2.35 bits per heavy atom. The maximum Gasteiger partial charge on any atom is 0.416 e. The van der Waals surface area contributed by atoms with Crippen molar-refractivity contribution >= 4 is 0 Å². The fraction of sp³-hybridized carbons (Fsp3) is 0.520. The highest BCUT2D eigenvalue weighted by atomic mass is 19.4. The van der Waals surface area contributed by atoms with Crippen LogP contribution in [0.15, 0.2) is 48.5 Å². The van der Waals surface area contributed by atoms with Gasteiger partial charge in [0.2, 0.25) is 0 Å². The number of hydrogen-bond acceptors (Lipinski definition) is 3. The minimum atomic E-state index is -4.31. The molecule has 4 rings (SSSR count). The first-order valence-corrected chi connectivity index (χ1v) is 11.2. The maximum absolute atomic E-state index is 13.3. The molecule has 0 unspecified atom stereocenters. The molecular formula is C25H31F3N2O. The molecule has 2 aromatic carbocycles. The molecule has 2 aliphatic heterocycles. The molecule has 2 fully saturated rings. The molecule has 0 aliphatic carbocycles. The van der Waals surface area contributed by atoms with Crippen molar-refractivity contribution in [1.29, 1.82) is 0 Å². The third-order valence-electron chi connectivity index (χ3n) is 6.67. The standard InChI is InChI=1S/C25H31F3N2O/c1-31-23-10-8-19(9-11-23)15-30-17-21(16-29-12-3-2-4-13-29)24(18-30)20-6-5-7-22(14-20)25(26,27)28/h5-11,14,21,24H,2-4,12-13,15-18H2,1H3/t21-,24-/m0/s1. The summed E-state index contributed by atoms with van der Waals surface area (Å²) in [6, 6.07) is 14.0. The van der Waals surface area contributed by atoms with Crippen molar-refractivity contribution in [2.45, 2.75) is 37.9 Å². The Hall–Kier alpha value is -2.05. The van der Waals surface area contributed by atoms with Gasteiger partial charge >= 0.3 is 6.18 Å². The number of nitrogens with zero attached hydrogens (tertiary/aromatic N) is 2. The van der Waals surface area contributed by atoms with Gasteiger partial charge in [-0.1, -0.05) is 36.8 Å². The zero-order chi connectivity index (χ0) is 21.8. The molecule has 0 saturated carbocycles. The summed E-state index contributed by atoms with van der Waals surface area (Å²) in [6.45, 7) is 5.65. The molecule has 6 heteroatoms. The Labute approximate surface area is 182 Å². The van der Waals surface area contributed by atoms with Crippen LogP contribution in [0.5, 0.6) is 5.75 Å². The van der Waals surface area contributed by atoms with E-state index in [1.807, 2.05) is 18.2 Å². The first-order valence-electron chi connectivity index (χ1n) is 11.2. The first kappa shape index (κ1) is 22.2. The predicted molar refractivity (Wildman–Crippen MR) is 116 cm³/mol. The molecule has 0 spiro atoms. The van der Waals surface area contributed by atoms with Crippen LogP contribution in [0, 0.1) is 5.92 Å². The van der Waals surface area contributed by atoms with Gasteiger partial charge in [-0.3, -0.25) is 4.90 Å². The monoisotopic (exact) mass is 432 g/mol. The van der Waals surface area contributed by atoms with Crippen LogP contribution in [-0.2, 0) is 12.7 Å². The summed E-state index contributed by atoms with van der Waals surface area (Å²) < 4.78 is 45.2. The molecule has 0 N–H and O–H groups in total. The molecule has 31 heavy (non-hydrogen) atoms. The third kappa shape index (κ3) is 5.60. The van der Waals surface area contributed by atoms with Crippen molar-refractivity contribution in [3.05, 3.63) is 65.2 Å². The molecule has 0 bridgehead atoms. The summed E-state index contributed by atoms with van der Waals surface area (Å²) >= 11 is 0. The molecule has 3 nitrogen and oxygen atoms in total. The van der Waals surface area contributed by atoms with E-state index in [-0.39, 0.29) is 5.92 Å². The molecule has 2 atom stereocenters. The number of ether oxygens (including phenoxy) is 1. The van der Waals surface area contributed by atoms with Gasteiger partial charge in [-0.25, -0.2) is 0 Å². The lowest BCUT2D eigenvalue weighted by Crippen LogP contribution is -2.36. The second kappa shape index (κ2) is 9.61. The van der Waals surface area contributed by atoms with Crippen LogP contribution < -0.4 is 4.74 Å². The molecule has 2 heterocycles. The zero-order valence-corrected chi connectivity index (χ0v) is 18.1. The van der Waals surface area contributed by atoms with Crippen LogP contribution in [0.2, 0.25) is 0 Å². The highest BCUT2D eigenvalue weighted by Crippen LogP contribution is 2.37. The van der Waals surface area contributed by atoms with E-state index in [0.717, 1.165) is 50.6 Å². The van der Waals surface area contributed by atoms with Crippen LogP contribution in [0.25, 0.3) is 0 Å². The van der Waals surface area contributed by atoms with Gasteiger partial charge in [-0.15, -0.1) is 0 Å². The molecule has 2 saturated heterocycles. The highest BCUT2D eigenvalue weighted by molar-refractivity contribution is 5.31. The van der Waals surface area contributed by atoms with Gasteiger partial charge in [0.15, 0.2) is 0 Å². The summed E-state index contributed by atoms with van der Waals surface area (Å²) in [5, 5.41) is 0. The molecular weight excluding hydrogens is 401 g/mol. The van der Waals surface area contributed by atoms with E-state index in [2.05, 4.69) is 21.9 Å². The smallest absolute Gasteiger partial charge is 0.416 e. The van der Waals surface area contributed by atoms with Gasteiger partial charge in [0.25, 0.3) is 0 Å². The van der Waals surface area contributed by atoms with Crippen molar-refractivity contribution in [3.8, 4) is 5.75 Å². The molecule has 2 aromatic rings. The van der Waals surface area contributed by atoms with E-state index in [9.17, 15) is 13.2 Å². The number of alkyl halides is 3. The lowest BCUT2D eigenvalue weighted by Gasteiger charge is -2.31. The minimum absolute atomic E-state index is 0.113. The Bertz CT molecular complexity index is 847. The van der Waals surface area contributed by atoms with E-state index in [1.165, 1.54) is 37.0 Å². The van der Waals surface area contributed by atoms with Crippen LogP contribution >= 0.6 is 0 Å². The van der Waals surface area contributed by atoms with Gasteiger partial charge in [0.05, 0.1) is 12.7 Å². The summed E-state index contributed by atoms with van der Waals surface area (Å²) in [4.78, 5) is 4.90. The Morgan fingerprint density at radius 2 is 1.68 bits per heavy atom. The predicted octanol–water partition coefficient (Wildman–Crippen LogP) is 5.42. The zero-order valence-electron chi connectivity index (χ0n) is 18.1. The molecule has 0 amide bonds. The average molecular weight is 433 g/mol. The number of rotatable bonds is 6. The van der Waals surface area contributed by atoms with Crippen molar-refractivity contribution in [1.82, 2.24) is 9.80 Å². The number of hydrogen-bond donors (Lipinski definition) is 0. The number of methoxy groups -OCH3 is 1. The Morgan fingerprint density at radius 1 is 0.935 bits per heavy atom. The van der Waals surface area contributed by atoms with Crippen molar-refractivity contribution < 1.29 is 17.9 Å². The Balaban J connectivity index is 1.52. The fourth-order valence-electron chi connectivity index (χ4n) is 5.06.